The molecular weight excluding hydrogens is 206 g/mol. The third-order valence-corrected chi connectivity index (χ3v) is 3.89. The van der Waals surface area contributed by atoms with Crippen LogP contribution in [0.1, 0.15) is 33.1 Å². The van der Waals surface area contributed by atoms with Crippen LogP contribution in [0.15, 0.2) is 52.2 Å². The standard InChI is InChI=1S/C16H19N/c1-11-3-5-13-9-16-14(8-15(13)7-11)6-4-12(2)10-17-16/h3,5,8-11,14H,4,6-7H2,1-2H3. The van der Waals surface area contributed by atoms with Crippen molar-refractivity contribution in [3.63, 3.8) is 0 Å². The van der Waals surface area contributed by atoms with E-state index in [1.54, 1.807) is 0 Å². The maximum atomic E-state index is 4.64. The first-order valence-corrected chi connectivity index (χ1v) is 6.56. The highest BCUT2D eigenvalue weighted by Crippen LogP contribution is 2.34. The van der Waals surface area contributed by atoms with Gasteiger partial charge in [0.2, 0.25) is 0 Å². The van der Waals surface area contributed by atoms with Crippen LogP contribution in [-0.4, -0.2) is 5.71 Å². The van der Waals surface area contributed by atoms with Crippen LogP contribution in [0.5, 0.6) is 0 Å². The van der Waals surface area contributed by atoms with Crippen molar-refractivity contribution in [1.82, 2.24) is 0 Å². The lowest BCUT2D eigenvalue weighted by Gasteiger charge is -2.25. The molecule has 17 heavy (non-hydrogen) atoms. The second-order valence-electron chi connectivity index (χ2n) is 5.51. The van der Waals surface area contributed by atoms with E-state index in [1.807, 2.05) is 6.20 Å². The van der Waals surface area contributed by atoms with Gasteiger partial charge in [-0.25, -0.2) is 0 Å². The van der Waals surface area contributed by atoms with E-state index >= 15 is 0 Å². The summed E-state index contributed by atoms with van der Waals surface area (Å²) in [4.78, 5) is 4.64. The van der Waals surface area contributed by atoms with Gasteiger partial charge >= 0.3 is 0 Å². The number of hydrogen-bond donors (Lipinski definition) is 0. The molecule has 3 aliphatic rings. The number of aliphatic imine (C=N–C) groups is 1. The van der Waals surface area contributed by atoms with Crippen molar-refractivity contribution >= 4 is 5.71 Å². The number of fused-ring (bicyclic) bond motifs is 2. The number of nitrogens with zero attached hydrogens (tertiary/aromatic N) is 1. The molecule has 2 unspecified atom stereocenters. The van der Waals surface area contributed by atoms with Crippen molar-refractivity contribution < 1.29 is 0 Å². The summed E-state index contributed by atoms with van der Waals surface area (Å²) in [7, 11) is 0. The average molecular weight is 225 g/mol. The van der Waals surface area contributed by atoms with Gasteiger partial charge in [-0.15, -0.1) is 0 Å². The van der Waals surface area contributed by atoms with Crippen LogP contribution in [-0.2, 0) is 0 Å². The molecule has 2 atom stereocenters. The van der Waals surface area contributed by atoms with Crippen molar-refractivity contribution in [3.8, 4) is 0 Å². The van der Waals surface area contributed by atoms with Gasteiger partial charge < -0.3 is 0 Å². The number of rotatable bonds is 0. The molecular formula is C16H19N. The highest BCUT2D eigenvalue weighted by atomic mass is 14.7. The van der Waals surface area contributed by atoms with Gasteiger partial charge in [0.05, 0.1) is 0 Å². The first-order valence-electron chi connectivity index (χ1n) is 6.56. The highest BCUT2D eigenvalue weighted by Gasteiger charge is 2.23. The molecule has 3 rings (SSSR count). The van der Waals surface area contributed by atoms with Gasteiger partial charge in [-0.1, -0.05) is 30.7 Å². The third kappa shape index (κ3) is 2.06. The van der Waals surface area contributed by atoms with Crippen molar-refractivity contribution in [3.05, 3.63) is 47.2 Å². The van der Waals surface area contributed by atoms with Gasteiger partial charge in [0.1, 0.15) is 0 Å². The van der Waals surface area contributed by atoms with Gasteiger partial charge in [-0.05, 0) is 49.3 Å². The quantitative estimate of drug-likeness (QED) is 0.586. The zero-order valence-electron chi connectivity index (χ0n) is 10.6. The molecule has 1 nitrogen and oxygen atoms in total. The van der Waals surface area contributed by atoms with E-state index in [-0.39, 0.29) is 0 Å². The lowest BCUT2D eigenvalue weighted by atomic mass is 9.80. The van der Waals surface area contributed by atoms with Gasteiger partial charge in [0.25, 0.3) is 0 Å². The fourth-order valence-corrected chi connectivity index (χ4v) is 2.80. The molecule has 1 heterocycles. The van der Waals surface area contributed by atoms with E-state index in [4.69, 9.17) is 0 Å². The van der Waals surface area contributed by atoms with Crippen molar-refractivity contribution in [2.75, 3.05) is 0 Å². The van der Waals surface area contributed by atoms with E-state index in [9.17, 15) is 0 Å². The molecule has 0 bridgehead atoms. The van der Waals surface area contributed by atoms with Crippen molar-refractivity contribution in [2.24, 2.45) is 16.8 Å². The molecule has 0 spiro atoms. The minimum atomic E-state index is 0.543. The smallest absolute Gasteiger partial charge is 0.0478 e. The Bertz CT molecular complexity index is 486. The molecule has 1 heteroatoms. The van der Waals surface area contributed by atoms with Crippen LogP contribution in [0, 0.1) is 11.8 Å². The predicted octanol–water partition coefficient (Wildman–Crippen LogP) is 4.20. The average Bonchev–Trinajstić information content (AvgIpc) is 2.49. The summed E-state index contributed by atoms with van der Waals surface area (Å²) >= 11 is 0. The van der Waals surface area contributed by atoms with Gasteiger partial charge in [-0.3, -0.25) is 4.99 Å². The zero-order chi connectivity index (χ0) is 11.8. The Morgan fingerprint density at radius 2 is 2.24 bits per heavy atom. The predicted molar refractivity (Wildman–Crippen MR) is 73.0 cm³/mol. The second-order valence-corrected chi connectivity index (χ2v) is 5.51. The van der Waals surface area contributed by atoms with E-state index in [0.29, 0.717) is 11.8 Å². The summed E-state index contributed by atoms with van der Waals surface area (Å²) in [5, 5.41) is 0. The summed E-state index contributed by atoms with van der Waals surface area (Å²) in [6.07, 6.45) is 14.9. The highest BCUT2D eigenvalue weighted by molar-refractivity contribution is 6.01. The maximum absolute atomic E-state index is 4.64. The molecule has 0 saturated heterocycles. The summed E-state index contributed by atoms with van der Waals surface area (Å²) in [5.74, 6) is 1.23. The summed E-state index contributed by atoms with van der Waals surface area (Å²) < 4.78 is 0. The fourth-order valence-electron chi connectivity index (χ4n) is 2.80. The van der Waals surface area contributed by atoms with E-state index in [2.05, 4.69) is 43.1 Å². The largest absolute Gasteiger partial charge is 0.261 e. The van der Waals surface area contributed by atoms with Gasteiger partial charge in [0, 0.05) is 17.8 Å². The Balaban J connectivity index is 1.98. The van der Waals surface area contributed by atoms with E-state index < -0.39 is 0 Å². The van der Waals surface area contributed by atoms with Crippen LogP contribution in [0.4, 0.5) is 0 Å². The lowest BCUT2D eigenvalue weighted by Crippen LogP contribution is -2.17. The third-order valence-electron chi connectivity index (χ3n) is 3.89. The molecule has 0 aromatic carbocycles. The Hall–Kier alpha value is -1.37. The summed E-state index contributed by atoms with van der Waals surface area (Å²) in [6.45, 7) is 4.47. The molecule has 0 N–H and O–H groups in total. The molecule has 0 aromatic rings. The molecule has 1 aliphatic heterocycles. The molecule has 0 aromatic heterocycles. The Labute approximate surface area is 103 Å². The number of hydrogen-bond acceptors (Lipinski definition) is 1. The Morgan fingerprint density at radius 3 is 3.12 bits per heavy atom. The van der Waals surface area contributed by atoms with E-state index in [1.165, 1.54) is 41.7 Å². The topological polar surface area (TPSA) is 12.4 Å². The molecule has 0 amide bonds. The summed E-state index contributed by atoms with van der Waals surface area (Å²) in [6, 6.07) is 0. The molecule has 0 saturated carbocycles. The first-order chi connectivity index (χ1) is 8.22. The second kappa shape index (κ2) is 4.14. The lowest BCUT2D eigenvalue weighted by molar-refractivity contribution is 0.683. The van der Waals surface area contributed by atoms with Crippen LogP contribution >= 0.6 is 0 Å². The van der Waals surface area contributed by atoms with Gasteiger partial charge in [0.15, 0.2) is 0 Å². The summed E-state index contributed by atoms with van der Waals surface area (Å²) in [5.41, 5.74) is 5.56. The maximum Gasteiger partial charge on any atom is 0.0478 e. The minimum Gasteiger partial charge on any atom is -0.261 e. The molecule has 88 valence electrons. The van der Waals surface area contributed by atoms with Crippen LogP contribution in [0.3, 0.4) is 0 Å². The fraction of sp³-hybridized carbons (Fsp3) is 0.438. The Kier molecular flexibility index (Phi) is 2.62. The van der Waals surface area contributed by atoms with Crippen molar-refractivity contribution in [1.29, 1.82) is 0 Å². The minimum absolute atomic E-state index is 0.543. The molecule has 2 aliphatic carbocycles. The monoisotopic (exact) mass is 225 g/mol. The normalized spacial score (nSPS) is 31.4. The SMILES string of the molecule is CC1=CN=C2C=C3C=CC(C)CC3=CC2CC1. The van der Waals surface area contributed by atoms with Crippen LogP contribution in [0.2, 0.25) is 0 Å². The van der Waals surface area contributed by atoms with Crippen LogP contribution < -0.4 is 0 Å². The molecule has 0 radical (unpaired) electrons. The number of allylic oxidation sites excluding steroid dienone is 7. The first kappa shape index (κ1) is 10.8. The van der Waals surface area contributed by atoms with E-state index in [0.717, 1.165) is 0 Å². The molecule has 0 fully saturated rings. The van der Waals surface area contributed by atoms with Crippen LogP contribution in [0.25, 0.3) is 0 Å². The zero-order valence-corrected chi connectivity index (χ0v) is 10.6. The van der Waals surface area contributed by atoms with Crippen molar-refractivity contribution in [2.45, 2.75) is 33.1 Å². The van der Waals surface area contributed by atoms with Gasteiger partial charge in [-0.2, -0.15) is 0 Å². The Morgan fingerprint density at radius 1 is 1.35 bits per heavy atom.